The Labute approximate surface area is 385 Å². The van der Waals surface area contributed by atoms with Gasteiger partial charge in [0.2, 0.25) is 5.91 Å². The highest BCUT2D eigenvalue weighted by Crippen LogP contribution is 2.42. The molecule has 0 unspecified atom stereocenters. The van der Waals surface area contributed by atoms with E-state index in [4.69, 9.17) is 19.4 Å². The van der Waals surface area contributed by atoms with Gasteiger partial charge in [0, 0.05) is 98.7 Å². The number of urea groups is 1. The summed E-state index contributed by atoms with van der Waals surface area (Å²) in [6, 6.07) is 11.2. The quantitative estimate of drug-likeness (QED) is 0.134. The number of hydrazine groups is 1. The lowest BCUT2D eigenvalue weighted by Crippen LogP contribution is -2.62. The Morgan fingerprint density at radius 2 is 1.86 bits per heavy atom. The minimum atomic E-state index is -1.06. The molecule has 2 aliphatic heterocycles. The van der Waals surface area contributed by atoms with Crippen LogP contribution in [0, 0.1) is 11.3 Å². The van der Waals surface area contributed by atoms with Crippen LogP contribution >= 0.6 is 11.3 Å². The van der Waals surface area contributed by atoms with Crippen LogP contribution in [-0.2, 0) is 49.7 Å². The van der Waals surface area contributed by atoms with Crippen LogP contribution < -0.4 is 10.7 Å². The predicted octanol–water partition coefficient (Wildman–Crippen LogP) is 6.85. The number of methoxy groups -OCH3 is 1. The summed E-state index contributed by atoms with van der Waals surface area (Å²) < 4.78 is 14.2. The zero-order valence-electron chi connectivity index (χ0n) is 39.1. The second kappa shape index (κ2) is 20.2. The Kier molecular flexibility index (Phi) is 14.7. The fraction of sp³-hybridized carbons (Fsp3) is 0.490. The maximum Gasteiger partial charge on any atom is 0.324 e. The van der Waals surface area contributed by atoms with Crippen molar-refractivity contribution in [3.8, 4) is 22.5 Å². The van der Waals surface area contributed by atoms with Crippen LogP contribution in [0.2, 0.25) is 0 Å². The Morgan fingerprint density at radius 1 is 1.09 bits per heavy atom. The average molecular weight is 906 g/mol. The molecule has 15 nitrogen and oxygen atoms in total. The van der Waals surface area contributed by atoms with Crippen molar-refractivity contribution in [1.29, 1.82) is 0 Å². The second-order valence-corrected chi connectivity index (χ2v) is 19.3. The maximum absolute atomic E-state index is 14.6. The fourth-order valence-electron chi connectivity index (χ4n) is 9.08. The minimum absolute atomic E-state index is 0.0936. The molecule has 0 radical (unpaired) electrons. The van der Waals surface area contributed by atoms with Crippen LogP contribution in [0.15, 0.2) is 66.4 Å². The highest BCUT2D eigenvalue weighted by Gasteiger charge is 2.38. The van der Waals surface area contributed by atoms with Crippen LogP contribution in [0.3, 0.4) is 0 Å². The molecule has 65 heavy (non-hydrogen) atoms. The first-order valence-electron chi connectivity index (χ1n) is 22.6. The molecule has 4 atom stereocenters. The molecule has 1 fully saturated rings. The number of nitrogens with zero attached hydrogens (tertiary/aromatic N) is 7. The van der Waals surface area contributed by atoms with Crippen LogP contribution in [-0.4, -0.2) is 117 Å². The molecule has 2 N–H and O–H groups in total. The number of thiazole rings is 1. The molecular formula is C49H63N9O6S. The number of likely N-dealkylation sites (N-methyl/N-ethyl adjacent to an activating group) is 2. The average Bonchev–Trinajstić information content (AvgIpc) is 3.90. The summed E-state index contributed by atoms with van der Waals surface area (Å²) in [5, 5.41) is 8.16. The molecule has 1 aromatic carbocycles. The summed E-state index contributed by atoms with van der Waals surface area (Å²) in [7, 11) is 5.02. The molecule has 0 spiro atoms. The normalized spacial score (nSPS) is 18.8. The number of nitrogens with one attached hydrogen (secondary N) is 2. The Bertz CT molecular complexity index is 2500. The first-order valence-corrected chi connectivity index (χ1v) is 23.5. The summed E-state index contributed by atoms with van der Waals surface area (Å²) >= 11 is 1.42. The number of hydrogen-bond acceptors (Lipinski definition) is 11. The van der Waals surface area contributed by atoms with E-state index in [2.05, 4.69) is 65.3 Å². The van der Waals surface area contributed by atoms with E-state index in [0.717, 1.165) is 50.2 Å². The molecule has 5 aromatic rings. The Balaban J connectivity index is 1.25. The Hall–Kier alpha value is -5.71. The lowest BCUT2D eigenvalue weighted by atomic mass is 9.84. The third-order valence-electron chi connectivity index (χ3n) is 12.6. The third kappa shape index (κ3) is 10.4. The number of fused-ring (bicyclic) bond motifs is 6. The van der Waals surface area contributed by atoms with Crippen molar-refractivity contribution in [2.75, 3.05) is 40.9 Å². The fourth-order valence-corrected chi connectivity index (χ4v) is 9.93. The van der Waals surface area contributed by atoms with Gasteiger partial charge in [-0.15, -0.1) is 11.3 Å². The van der Waals surface area contributed by atoms with E-state index in [1.165, 1.54) is 21.2 Å². The Morgan fingerprint density at radius 3 is 2.58 bits per heavy atom. The van der Waals surface area contributed by atoms with Crippen molar-refractivity contribution in [2.24, 2.45) is 11.3 Å². The minimum Gasteiger partial charge on any atom is -0.464 e. The standard InChI is InChI=1S/C49H63N9O6S/c1-10-57-40-16-15-33-25-35(40)36(44(57)34-13-11-20-51-42(34)31(4)63-9)27-49(5,6)29-64-47(61)37-14-12-23-58(54-37)46(60)38(26-41-52-39(33)28-65-41)53-45(59)43(30(2)3)56(8)48(62)55(7)24-19-32-17-21-50-22-18-32/h11,13,15-18,20-22,25,28,30-31,37-38,43,54H,10,12,14,19,23-24,26-27,29H2,1-9H3,(H,53,59)/t31-,37-,38-,43-/m0/s1. The van der Waals surface area contributed by atoms with Crippen molar-refractivity contribution in [3.05, 3.63) is 88.3 Å². The molecule has 0 aliphatic carbocycles. The van der Waals surface area contributed by atoms with Gasteiger partial charge >= 0.3 is 12.0 Å². The number of aryl methyl sites for hydroxylation is 1. The molecule has 16 heteroatoms. The van der Waals surface area contributed by atoms with Gasteiger partial charge in [-0.2, -0.15) is 0 Å². The first-order chi connectivity index (χ1) is 31.1. The molecule has 346 valence electrons. The SMILES string of the molecule is CCn1c(-c2cccnc2[C@H](C)OC)c2c3cc(ccc31)-c1csc(n1)C[C@H](NC(=O)[C@H](C(C)C)N(C)C(=O)N(C)CCc1ccncc1)C(=O)N1CCC[C@H](N1)C(=O)OCC(C)(C)C2. The van der Waals surface area contributed by atoms with E-state index >= 15 is 0 Å². The van der Waals surface area contributed by atoms with E-state index in [9.17, 15) is 19.2 Å². The lowest BCUT2D eigenvalue weighted by Gasteiger charge is -2.37. The van der Waals surface area contributed by atoms with Crippen LogP contribution in [0.5, 0.6) is 0 Å². The van der Waals surface area contributed by atoms with Gasteiger partial charge in [-0.3, -0.25) is 29.4 Å². The zero-order chi connectivity index (χ0) is 46.6. The van der Waals surface area contributed by atoms with Crippen molar-refractivity contribution < 1.29 is 28.7 Å². The van der Waals surface area contributed by atoms with Gasteiger partial charge in [0.15, 0.2) is 0 Å². The van der Waals surface area contributed by atoms with E-state index in [-0.39, 0.29) is 31.1 Å². The highest BCUT2D eigenvalue weighted by molar-refractivity contribution is 7.10. The van der Waals surface area contributed by atoms with Gasteiger partial charge in [-0.1, -0.05) is 33.8 Å². The van der Waals surface area contributed by atoms with Crippen molar-refractivity contribution in [3.63, 3.8) is 0 Å². The van der Waals surface area contributed by atoms with E-state index in [0.29, 0.717) is 50.3 Å². The number of cyclic esters (lactones) is 1. The van der Waals surface area contributed by atoms with Crippen molar-refractivity contribution in [2.45, 2.75) is 104 Å². The molecular weight excluding hydrogens is 843 g/mol. The van der Waals surface area contributed by atoms with E-state index in [1.54, 1.807) is 44.7 Å². The number of amides is 4. The molecule has 2 aliphatic rings. The van der Waals surface area contributed by atoms with Gasteiger partial charge in [0.1, 0.15) is 18.1 Å². The number of aromatic nitrogens is 4. The van der Waals surface area contributed by atoms with Crippen molar-refractivity contribution >= 4 is 46.1 Å². The summed E-state index contributed by atoms with van der Waals surface area (Å²) in [6.07, 6.45) is 7.31. The molecule has 1 saturated heterocycles. The number of carbonyl (C=O) groups excluding carboxylic acids is 4. The largest absolute Gasteiger partial charge is 0.464 e. The summed E-state index contributed by atoms with van der Waals surface area (Å²) in [5.74, 6) is -1.60. The van der Waals surface area contributed by atoms with Crippen molar-refractivity contribution in [1.82, 2.24) is 45.1 Å². The van der Waals surface area contributed by atoms with Gasteiger partial charge in [0.25, 0.3) is 5.91 Å². The highest BCUT2D eigenvalue weighted by atomic mass is 32.1. The van der Waals surface area contributed by atoms with Gasteiger partial charge < -0.3 is 29.2 Å². The molecule has 6 heterocycles. The predicted molar refractivity (Wildman–Crippen MR) is 252 cm³/mol. The topological polar surface area (TPSA) is 164 Å². The second-order valence-electron chi connectivity index (χ2n) is 18.4. The lowest BCUT2D eigenvalue weighted by molar-refractivity contribution is -0.155. The van der Waals surface area contributed by atoms with E-state index in [1.807, 2.05) is 44.4 Å². The van der Waals surface area contributed by atoms with E-state index < -0.39 is 41.3 Å². The number of esters is 1. The van der Waals surface area contributed by atoms with Crippen LogP contribution in [0.4, 0.5) is 4.79 Å². The molecule has 7 rings (SSSR count). The number of ether oxygens (including phenoxy) is 2. The molecule has 0 saturated carbocycles. The summed E-state index contributed by atoms with van der Waals surface area (Å²) in [4.78, 5) is 73.7. The zero-order valence-corrected chi connectivity index (χ0v) is 39.9. The van der Waals surface area contributed by atoms with Gasteiger partial charge in [0.05, 0.1) is 34.8 Å². The van der Waals surface area contributed by atoms with Gasteiger partial charge in [-0.05, 0) is 93.0 Å². The molecule has 6 bridgehead atoms. The summed E-state index contributed by atoms with van der Waals surface area (Å²) in [6.45, 7) is 13.7. The first kappa shape index (κ1) is 47.3. The molecule has 4 amide bonds. The smallest absolute Gasteiger partial charge is 0.324 e. The number of benzene rings is 1. The number of carbonyl (C=O) groups is 4. The monoisotopic (exact) mass is 905 g/mol. The van der Waals surface area contributed by atoms with Crippen LogP contribution in [0.1, 0.15) is 82.3 Å². The summed E-state index contributed by atoms with van der Waals surface area (Å²) in [5.41, 5.74) is 10.4. The number of hydrogen-bond donors (Lipinski definition) is 2. The van der Waals surface area contributed by atoms with Gasteiger partial charge in [-0.25, -0.2) is 15.2 Å². The number of pyridine rings is 2. The third-order valence-corrected chi connectivity index (χ3v) is 13.5. The maximum atomic E-state index is 14.6. The van der Waals surface area contributed by atoms with Crippen LogP contribution in [0.25, 0.3) is 33.4 Å². The molecule has 4 aromatic heterocycles. The number of rotatable bonds is 11.